The molecule has 0 aliphatic carbocycles. The minimum absolute atomic E-state index is 0.126. The fraction of sp³-hybridized carbons (Fsp3) is 0.222. The minimum Gasteiger partial charge on any atom is -0.358 e. The summed E-state index contributed by atoms with van der Waals surface area (Å²) in [5.74, 6) is 0.733. The zero-order valence-electron chi connectivity index (χ0n) is 7.12. The Labute approximate surface area is 84.0 Å². The second kappa shape index (κ2) is 3.12. The third-order valence-electron chi connectivity index (χ3n) is 1.88. The first-order valence-electron chi connectivity index (χ1n) is 3.99. The summed E-state index contributed by atoms with van der Waals surface area (Å²) in [7, 11) is 0. The van der Waals surface area contributed by atoms with Crippen molar-refractivity contribution in [2.75, 3.05) is 0 Å². The highest BCUT2D eigenvalue weighted by atomic mass is 79.9. The van der Waals surface area contributed by atoms with Crippen LogP contribution in [0.4, 0.5) is 0 Å². The molecule has 0 radical (unpaired) electrons. The number of hydrogen-bond donors (Lipinski definition) is 1. The number of rotatable bonds is 1. The Morgan fingerprint density at radius 2 is 2.31 bits per heavy atom. The Balaban J connectivity index is 2.71. The van der Waals surface area contributed by atoms with Gasteiger partial charge in [-0.15, -0.1) is 0 Å². The Morgan fingerprint density at radius 3 is 3.00 bits per heavy atom. The number of halogens is 1. The summed E-state index contributed by atoms with van der Waals surface area (Å²) in [6.45, 7) is 1.88. The highest BCUT2D eigenvalue weighted by molar-refractivity contribution is 9.10. The van der Waals surface area contributed by atoms with Crippen LogP contribution in [0.5, 0.6) is 0 Å². The van der Waals surface area contributed by atoms with E-state index in [4.69, 9.17) is 10.3 Å². The first-order valence-corrected chi connectivity index (χ1v) is 4.78. The maximum absolute atomic E-state index is 5.73. The summed E-state index contributed by atoms with van der Waals surface area (Å²) in [5, 5.41) is 4.88. The van der Waals surface area contributed by atoms with Gasteiger partial charge in [0.2, 0.25) is 0 Å². The van der Waals surface area contributed by atoms with E-state index in [1.54, 1.807) is 0 Å². The van der Waals surface area contributed by atoms with Crippen LogP contribution in [-0.4, -0.2) is 5.16 Å². The topological polar surface area (TPSA) is 52.0 Å². The number of hydrogen-bond acceptors (Lipinski definition) is 3. The molecule has 0 aliphatic rings. The molecule has 2 aromatic rings. The van der Waals surface area contributed by atoms with Gasteiger partial charge in [0.1, 0.15) is 5.52 Å². The maximum Gasteiger partial charge on any atom is 0.160 e. The SMILES string of the molecule is CC(N)c1onc2ccc(Br)cc12. The van der Waals surface area contributed by atoms with E-state index in [1.807, 2.05) is 25.1 Å². The second-order valence-electron chi connectivity index (χ2n) is 3.00. The van der Waals surface area contributed by atoms with Gasteiger partial charge in [-0.3, -0.25) is 0 Å². The fourth-order valence-corrected chi connectivity index (χ4v) is 1.62. The van der Waals surface area contributed by atoms with Gasteiger partial charge in [0.15, 0.2) is 5.76 Å². The Kier molecular flexibility index (Phi) is 2.09. The highest BCUT2D eigenvalue weighted by Gasteiger charge is 2.11. The molecule has 0 saturated heterocycles. The molecule has 0 amide bonds. The van der Waals surface area contributed by atoms with Gasteiger partial charge in [-0.1, -0.05) is 21.1 Å². The Hall–Kier alpha value is -0.870. The summed E-state index contributed by atoms with van der Waals surface area (Å²) in [6, 6.07) is 5.66. The summed E-state index contributed by atoms with van der Waals surface area (Å²) in [5.41, 5.74) is 6.57. The van der Waals surface area contributed by atoms with Crippen LogP contribution in [0, 0.1) is 0 Å². The summed E-state index contributed by atoms with van der Waals surface area (Å²) >= 11 is 3.39. The van der Waals surface area contributed by atoms with Gasteiger partial charge >= 0.3 is 0 Å². The van der Waals surface area contributed by atoms with Gasteiger partial charge < -0.3 is 10.3 Å². The van der Waals surface area contributed by atoms with E-state index in [2.05, 4.69) is 21.1 Å². The van der Waals surface area contributed by atoms with E-state index >= 15 is 0 Å². The van der Waals surface area contributed by atoms with Crippen molar-refractivity contribution in [3.05, 3.63) is 28.4 Å². The molecule has 13 heavy (non-hydrogen) atoms. The number of benzene rings is 1. The third kappa shape index (κ3) is 1.47. The molecular weight excluding hydrogens is 232 g/mol. The predicted molar refractivity (Wildman–Crippen MR) is 54.3 cm³/mol. The summed E-state index contributed by atoms with van der Waals surface area (Å²) < 4.78 is 6.14. The van der Waals surface area contributed by atoms with Gasteiger partial charge in [-0.2, -0.15) is 0 Å². The lowest BCUT2D eigenvalue weighted by Gasteiger charge is -1.98. The molecule has 1 unspecified atom stereocenters. The molecule has 4 heteroatoms. The molecule has 0 aliphatic heterocycles. The quantitative estimate of drug-likeness (QED) is 0.834. The minimum atomic E-state index is -0.126. The second-order valence-corrected chi connectivity index (χ2v) is 3.91. The largest absolute Gasteiger partial charge is 0.358 e. The summed E-state index contributed by atoms with van der Waals surface area (Å²) in [6.07, 6.45) is 0. The van der Waals surface area contributed by atoms with Gasteiger partial charge in [-0.05, 0) is 25.1 Å². The van der Waals surface area contributed by atoms with E-state index in [0.717, 1.165) is 21.1 Å². The average molecular weight is 241 g/mol. The molecule has 1 atom stereocenters. The number of aromatic nitrogens is 1. The number of fused-ring (bicyclic) bond motifs is 1. The van der Waals surface area contributed by atoms with Crippen LogP contribution < -0.4 is 5.73 Å². The van der Waals surface area contributed by atoms with Gasteiger partial charge in [-0.25, -0.2) is 0 Å². The smallest absolute Gasteiger partial charge is 0.160 e. The Bertz CT molecular complexity index is 436. The molecule has 1 heterocycles. The third-order valence-corrected chi connectivity index (χ3v) is 2.37. The van der Waals surface area contributed by atoms with Gasteiger partial charge in [0, 0.05) is 9.86 Å². The van der Waals surface area contributed by atoms with Crippen LogP contribution in [0.3, 0.4) is 0 Å². The van der Waals surface area contributed by atoms with Crippen LogP contribution in [0.15, 0.2) is 27.2 Å². The predicted octanol–water partition coefficient (Wildman–Crippen LogP) is 2.61. The molecule has 0 spiro atoms. The zero-order valence-corrected chi connectivity index (χ0v) is 8.71. The van der Waals surface area contributed by atoms with E-state index in [-0.39, 0.29) is 6.04 Å². The van der Waals surface area contributed by atoms with Crippen LogP contribution in [0.2, 0.25) is 0 Å². The lowest BCUT2D eigenvalue weighted by Crippen LogP contribution is -2.03. The maximum atomic E-state index is 5.73. The van der Waals surface area contributed by atoms with Crippen molar-refractivity contribution < 1.29 is 4.52 Å². The van der Waals surface area contributed by atoms with Crippen LogP contribution in [0.25, 0.3) is 10.9 Å². The molecule has 1 aromatic carbocycles. The fourth-order valence-electron chi connectivity index (χ4n) is 1.26. The van der Waals surface area contributed by atoms with Crippen LogP contribution in [-0.2, 0) is 0 Å². The average Bonchev–Trinajstić information content (AvgIpc) is 2.46. The normalized spacial score (nSPS) is 13.5. The molecule has 3 nitrogen and oxygen atoms in total. The van der Waals surface area contributed by atoms with Gasteiger partial charge in [0.05, 0.1) is 6.04 Å². The van der Waals surface area contributed by atoms with E-state index in [9.17, 15) is 0 Å². The van der Waals surface area contributed by atoms with Crippen molar-refractivity contribution in [3.8, 4) is 0 Å². The first-order chi connectivity index (χ1) is 6.18. The zero-order chi connectivity index (χ0) is 9.42. The van der Waals surface area contributed by atoms with Crippen molar-refractivity contribution >= 4 is 26.8 Å². The van der Waals surface area contributed by atoms with Crippen molar-refractivity contribution in [3.63, 3.8) is 0 Å². The number of nitrogens with zero attached hydrogens (tertiary/aromatic N) is 1. The van der Waals surface area contributed by atoms with Crippen LogP contribution in [0.1, 0.15) is 18.7 Å². The molecule has 2 N–H and O–H groups in total. The molecule has 68 valence electrons. The first kappa shape index (κ1) is 8.72. The molecule has 0 fully saturated rings. The van der Waals surface area contributed by atoms with E-state index in [0.29, 0.717) is 0 Å². The lowest BCUT2D eigenvalue weighted by atomic mass is 10.1. The standard InChI is InChI=1S/C9H9BrN2O/c1-5(11)9-7-4-6(10)2-3-8(7)12-13-9/h2-5H,11H2,1H3. The number of nitrogens with two attached hydrogens (primary N) is 1. The molecular formula is C9H9BrN2O. The van der Waals surface area contributed by atoms with Crippen molar-refractivity contribution in [1.82, 2.24) is 5.16 Å². The monoisotopic (exact) mass is 240 g/mol. The van der Waals surface area contributed by atoms with Crippen molar-refractivity contribution in [2.24, 2.45) is 5.73 Å². The van der Waals surface area contributed by atoms with Crippen LogP contribution >= 0.6 is 15.9 Å². The van der Waals surface area contributed by atoms with E-state index in [1.165, 1.54) is 0 Å². The molecule has 0 saturated carbocycles. The lowest BCUT2D eigenvalue weighted by molar-refractivity contribution is 0.375. The molecule has 1 aromatic heterocycles. The highest BCUT2D eigenvalue weighted by Crippen LogP contribution is 2.25. The van der Waals surface area contributed by atoms with Crippen molar-refractivity contribution in [2.45, 2.75) is 13.0 Å². The molecule has 2 rings (SSSR count). The van der Waals surface area contributed by atoms with E-state index < -0.39 is 0 Å². The Morgan fingerprint density at radius 1 is 1.54 bits per heavy atom. The van der Waals surface area contributed by atoms with Gasteiger partial charge in [0.25, 0.3) is 0 Å². The molecule has 0 bridgehead atoms. The van der Waals surface area contributed by atoms with Crippen molar-refractivity contribution in [1.29, 1.82) is 0 Å². The summed E-state index contributed by atoms with van der Waals surface area (Å²) in [4.78, 5) is 0.